The summed E-state index contributed by atoms with van der Waals surface area (Å²) >= 11 is 0. The van der Waals surface area contributed by atoms with E-state index in [1.807, 2.05) is 54.6 Å². The van der Waals surface area contributed by atoms with Crippen LogP contribution in [0.25, 0.3) is 43.5 Å². The lowest BCUT2D eigenvalue weighted by Gasteiger charge is -2.08. The van der Waals surface area contributed by atoms with Crippen molar-refractivity contribution in [2.45, 2.75) is 0 Å². The number of hydrogen-bond donors (Lipinski definition) is 1. The number of rotatable bonds is 0. The van der Waals surface area contributed by atoms with E-state index in [4.69, 9.17) is 0 Å². The maximum absolute atomic E-state index is 12.9. The minimum absolute atomic E-state index is 0.0482. The van der Waals surface area contributed by atoms with Crippen molar-refractivity contribution >= 4 is 43.5 Å². The number of aromatic amines is 1. The largest absolute Gasteiger partial charge is 0.352 e. The molecule has 0 fully saturated rings. The van der Waals surface area contributed by atoms with E-state index >= 15 is 0 Å². The summed E-state index contributed by atoms with van der Waals surface area (Å²) in [6, 6.07) is 19.7. The molecule has 5 rings (SSSR count). The molecule has 2 aromatic heterocycles. The molecule has 3 heteroatoms. The van der Waals surface area contributed by atoms with Gasteiger partial charge in [-0.15, -0.1) is 0 Å². The van der Waals surface area contributed by atoms with Gasteiger partial charge in [-0.2, -0.15) is 0 Å². The zero-order valence-electron chi connectivity index (χ0n) is 12.2. The number of hydrogen-bond acceptors (Lipinski definition) is 2. The van der Waals surface area contributed by atoms with Crippen LogP contribution in [0.4, 0.5) is 0 Å². The van der Waals surface area contributed by atoms with Gasteiger partial charge >= 0.3 is 0 Å². The summed E-state index contributed by atoms with van der Waals surface area (Å²) in [4.78, 5) is 20.9. The quantitative estimate of drug-likeness (QED) is 0.340. The van der Waals surface area contributed by atoms with Crippen LogP contribution in [0, 0.1) is 0 Å². The van der Waals surface area contributed by atoms with E-state index < -0.39 is 0 Å². The Balaban J connectivity index is 2.12. The topological polar surface area (TPSA) is 45.8 Å². The maximum Gasteiger partial charge on any atom is 0.197 e. The molecule has 0 amide bonds. The van der Waals surface area contributed by atoms with Crippen LogP contribution < -0.4 is 5.43 Å². The molecule has 1 N–H and O–H groups in total. The average molecular weight is 296 g/mol. The Hall–Kier alpha value is -3.20. The van der Waals surface area contributed by atoms with Crippen LogP contribution in [0.2, 0.25) is 0 Å². The number of aromatic nitrogens is 2. The van der Waals surface area contributed by atoms with Crippen molar-refractivity contribution < 1.29 is 0 Å². The highest BCUT2D eigenvalue weighted by Gasteiger charge is 2.10. The highest BCUT2D eigenvalue weighted by atomic mass is 16.1. The van der Waals surface area contributed by atoms with Gasteiger partial charge in [-0.1, -0.05) is 42.5 Å². The van der Waals surface area contributed by atoms with Gasteiger partial charge in [0, 0.05) is 27.7 Å². The SMILES string of the molecule is O=c1c2ccc3ccccc3c2[nH]c2c1ccc1cccnc12. The molecular formula is C20H12N2O. The third-order valence-electron chi connectivity index (χ3n) is 4.44. The fraction of sp³-hybridized carbons (Fsp3) is 0. The molecule has 3 aromatic carbocycles. The van der Waals surface area contributed by atoms with Gasteiger partial charge in [0.1, 0.15) is 0 Å². The number of H-pyrrole nitrogens is 1. The van der Waals surface area contributed by atoms with Crippen LogP contribution in [-0.4, -0.2) is 9.97 Å². The average Bonchev–Trinajstić information content (AvgIpc) is 2.61. The Bertz CT molecular complexity index is 1190. The first kappa shape index (κ1) is 12.4. The Kier molecular flexibility index (Phi) is 2.36. The fourth-order valence-corrected chi connectivity index (χ4v) is 3.33. The van der Waals surface area contributed by atoms with Crippen molar-refractivity contribution in [1.82, 2.24) is 9.97 Å². The summed E-state index contributed by atoms with van der Waals surface area (Å²) in [5.74, 6) is 0. The monoisotopic (exact) mass is 296 g/mol. The Labute approximate surface area is 131 Å². The number of fused-ring (bicyclic) bond motifs is 6. The second kappa shape index (κ2) is 4.40. The van der Waals surface area contributed by atoms with Crippen LogP contribution in [-0.2, 0) is 0 Å². The smallest absolute Gasteiger partial charge is 0.197 e. The highest BCUT2D eigenvalue weighted by Crippen LogP contribution is 2.26. The number of pyridine rings is 2. The van der Waals surface area contributed by atoms with Gasteiger partial charge < -0.3 is 4.98 Å². The fourth-order valence-electron chi connectivity index (χ4n) is 3.33. The lowest BCUT2D eigenvalue weighted by atomic mass is 10.0. The Morgan fingerprint density at radius 1 is 0.696 bits per heavy atom. The molecule has 5 aromatic rings. The summed E-state index contributed by atoms with van der Waals surface area (Å²) < 4.78 is 0. The molecule has 0 aliphatic carbocycles. The number of benzene rings is 3. The third-order valence-corrected chi connectivity index (χ3v) is 4.44. The van der Waals surface area contributed by atoms with Gasteiger partial charge in [-0.25, -0.2) is 0 Å². The molecule has 23 heavy (non-hydrogen) atoms. The molecule has 0 atom stereocenters. The highest BCUT2D eigenvalue weighted by molar-refractivity contribution is 6.12. The van der Waals surface area contributed by atoms with Gasteiger partial charge in [-0.3, -0.25) is 9.78 Å². The van der Waals surface area contributed by atoms with Crippen LogP contribution in [0.1, 0.15) is 0 Å². The summed E-state index contributed by atoms with van der Waals surface area (Å²) in [5, 5.41) is 4.58. The molecule has 0 saturated carbocycles. The number of nitrogens with zero attached hydrogens (tertiary/aromatic N) is 1. The van der Waals surface area contributed by atoms with Gasteiger partial charge in [0.25, 0.3) is 0 Å². The molecule has 0 saturated heterocycles. The molecule has 0 aliphatic rings. The maximum atomic E-state index is 12.9. The lowest BCUT2D eigenvalue weighted by molar-refractivity contribution is 1.40. The summed E-state index contributed by atoms with van der Waals surface area (Å²) in [5.41, 5.74) is 2.56. The van der Waals surface area contributed by atoms with E-state index in [-0.39, 0.29) is 5.43 Å². The second-order valence-corrected chi connectivity index (χ2v) is 5.73. The van der Waals surface area contributed by atoms with Crippen molar-refractivity contribution in [2.75, 3.05) is 0 Å². The van der Waals surface area contributed by atoms with Crippen molar-refractivity contribution in [3.05, 3.63) is 77.1 Å². The van der Waals surface area contributed by atoms with Gasteiger partial charge in [0.15, 0.2) is 5.43 Å². The third kappa shape index (κ3) is 1.64. The zero-order valence-corrected chi connectivity index (χ0v) is 12.2. The lowest BCUT2D eigenvalue weighted by Crippen LogP contribution is -2.05. The molecule has 108 valence electrons. The van der Waals surface area contributed by atoms with E-state index in [9.17, 15) is 4.79 Å². The van der Waals surface area contributed by atoms with Gasteiger partial charge in [0.2, 0.25) is 0 Å². The predicted octanol–water partition coefficient (Wildman–Crippen LogP) is 4.38. The minimum atomic E-state index is 0.0482. The molecule has 0 aliphatic heterocycles. The Morgan fingerprint density at radius 2 is 1.43 bits per heavy atom. The van der Waals surface area contributed by atoms with Crippen molar-refractivity contribution in [3.8, 4) is 0 Å². The normalized spacial score (nSPS) is 11.7. The number of nitrogens with one attached hydrogen (secondary N) is 1. The second-order valence-electron chi connectivity index (χ2n) is 5.73. The van der Waals surface area contributed by atoms with E-state index in [0.29, 0.717) is 10.8 Å². The summed E-state index contributed by atoms with van der Waals surface area (Å²) in [6.07, 6.45) is 1.76. The zero-order chi connectivity index (χ0) is 15.4. The van der Waals surface area contributed by atoms with Crippen LogP contribution in [0.15, 0.2) is 71.7 Å². The van der Waals surface area contributed by atoms with E-state index in [2.05, 4.69) is 16.0 Å². The first-order chi connectivity index (χ1) is 11.3. The molecule has 0 bridgehead atoms. The van der Waals surface area contributed by atoms with Crippen molar-refractivity contribution in [2.24, 2.45) is 0 Å². The van der Waals surface area contributed by atoms with Crippen LogP contribution >= 0.6 is 0 Å². The van der Waals surface area contributed by atoms with E-state index in [1.54, 1.807) is 6.20 Å². The first-order valence-corrected chi connectivity index (χ1v) is 7.54. The van der Waals surface area contributed by atoms with Gasteiger partial charge in [-0.05, 0) is 23.6 Å². The minimum Gasteiger partial charge on any atom is -0.352 e. The van der Waals surface area contributed by atoms with Crippen molar-refractivity contribution in [1.29, 1.82) is 0 Å². The summed E-state index contributed by atoms with van der Waals surface area (Å²) in [6.45, 7) is 0. The van der Waals surface area contributed by atoms with E-state index in [1.165, 1.54) is 0 Å². The molecule has 2 heterocycles. The predicted molar refractivity (Wildman–Crippen MR) is 94.9 cm³/mol. The standard InChI is InChI=1S/C20H12N2O/c23-20-15-9-7-12-4-1-2-6-14(12)18(15)22-19-16(20)10-8-13-5-3-11-21-17(13)19/h1-11H,(H,22,23). The first-order valence-electron chi connectivity index (χ1n) is 7.54. The van der Waals surface area contributed by atoms with Crippen LogP contribution in [0.3, 0.4) is 0 Å². The summed E-state index contributed by atoms with van der Waals surface area (Å²) in [7, 11) is 0. The van der Waals surface area contributed by atoms with Crippen molar-refractivity contribution in [3.63, 3.8) is 0 Å². The molecule has 0 spiro atoms. The molecule has 3 nitrogen and oxygen atoms in total. The molecule has 0 radical (unpaired) electrons. The Morgan fingerprint density at radius 3 is 2.35 bits per heavy atom. The van der Waals surface area contributed by atoms with Gasteiger partial charge in [0.05, 0.1) is 16.6 Å². The van der Waals surface area contributed by atoms with Crippen LogP contribution in [0.5, 0.6) is 0 Å². The molecule has 0 unspecified atom stereocenters. The molecular weight excluding hydrogens is 284 g/mol. The van der Waals surface area contributed by atoms with E-state index in [0.717, 1.165) is 32.7 Å².